The molecule has 0 bridgehead atoms. The molecular formula is C16H17N5O3S. The highest BCUT2D eigenvalue weighted by Gasteiger charge is 2.12. The highest BCUT2D eigenvalue weighted by Crippen LogP contribution is 2.12. The molecule has 25 heavy (non-hydrogen) atoms. The minimum atomic E-state index is -0.450. The molecule has 1 amide bonds. The van der Waals surface area contributed by atoms with E-state index in [4.69, 9.17) is 4.74 Å². The molecule has 1 aromatic carbocycles. The van der Waals surface area contributed by atoms with Gasteiger partial charge in [0.05, 0.1) is 6.54 Å². The Morgan fingerprint density at radius 2 is 2.16 bits per heavy atom. The fourth-order valence-corrected chi connectivity index (χ4v) is 2.83. The first-order valence-corrected chi connectivity index (χ1v) is 8.54. The van der Waals surface area contributed by atoms with Gasteiger partial charge in [-0.3, -0.25) is 4.79 Å². The minimum Gasteiger partial charge on any atom is -0.492 e. The van der Waals surface area contributed by atoms with Crippen molar-refractivity contribution < 1.29 is 9.53 Å². The molecule has 0 spiro atoms. The summed E-state index contributed by atoms with van der Waals surface area (Å²) in [5, 5.41) is 12.7. The lowest BCUT2D eigenvalue weighted by Crippen LogP contribution is -2.35. The van der Waals surface area contributed by atoms with Crippen LogP contribution in [0.25, 0.3) is 5.00 Å². The van der Waals surface area contributed by atoms with E-state index >= 15 is 0 Å². The predicted molar refractivity (Wildman–Crippen MR) is 93.2 cm³/mol. The molecule has 2 heterocycles. The van der Waals surface area contributed by atoms with E-state index in [9.17, 15) is 9.59 Å². The Kier molecular flexibility index (Phi) is 5.24. The van der Waals surface area contributed by atoms with Crippen molar-refractivity contribution in [3.8, 4) is 10.8 Å². The first-order chi connectivity index (χ1) is 12.1. The monoisotopic (exact) mass is 359 g/mol. The Hall–Kier alpha value is -2.94. The summed E-state index contributed by atoms with van der Waals surface area (Å²) >= 11 is 1.37. The van der Waals surface area contributed by atoms with Crippen molar-refractivity contribution in [2.45, 2.75) is 13.5 Å². The zero-order chi connectivity index (χ0) is 17.6. The zero-order valence-corrected chi connectivity index (χ0v) is 14.4. The Morgan fingerprint density at radius 3 is 2.92 bits per heavy atom. The fraction of sp³-hybridized carbons (Fsp3) is 0.250. The van der Waals surface area contributed by atoms with E-state index in [-0.39, 0.29) is 12.5 Å². The molecule has 2 aromatic heterocycles. The van der Waals surface area contributed by atoms with E-state index in [1.165, 1.54) is 16.0 Å². The number of aryl methyl sites for hydroxylation is 1. The summed E-state index contributed by atoms with van der Waals surface area (Å²) in [5.74, 6) is 0.428. The van der Waals surface area contributed by atoms with Gasteiger partial charge in [-0.25, -0.2) is 4.79 Å². The van der Waals surface area contributed by atoms with Gasteiger partial charge in [0.15, 0.2) is 0 Å². The Balaban J connectivity index is 1.48. The van der Waals surface area contributed by atoms with Crippen LogP contribution in [0.15, 0.2) is 46.6 Å². The van der Waals surface area contributed by atoms with Crippen molar-refractivity contribution in [2.24, 2.45) is 0 Å². The van der Waals surface area contributed by atoms with Crippen LogP contribution in [0, 0.1) is 6.92 Å². The summed E-state index contributed by atoms with van der Waals surface area (Å²) in [7, 11) is 0. The molecule has 0 fully saturated rings. The second-order valence-electron chi connectivity index (χ2n) is 5.30. The third-order valence-electron chi connectivity index (χ3n) is 3.33. The molecule has 8 nitrogen and oxygen atoms in total. The van der Waals surface area contributed by atoms with Gasteiger partial charge in [0.25, 0.3) is 0 Å². The number of rotatable bonds is 7. The van der Waals surface area contributed by atoms with E-state index in [0.717, 1.165) is 16.0 Å². The molecule has 0 saturated heterocycles. The molecule has 0 aliphatic carbocycles. The number of amides is 1. The fourth-order valence-electron chi connectivity index (χ4n) is 2.16. The number of carbonyl (C=O) groups excluding carboxylic acids is 1. The summed E-state index contributed by atoms with van der Waals surface area (Å²) in [4.78, 5) is 24.1. The third-order valence-corrected chi connectivity index (χ3v) is 4.17. The molecule has 0 unspecified atom stereocenters. The molecule has 0 aliphatic heterocycles. The number of hydrogen-bond acceptors (Lipinski definition) is 6. The molecule has 0 aliphatic rings. The second kappa shape index (κ2) is 7.75. The van der Waals surface area contributed by atoms with Crippen LogP contribution in [-0.2, 0) is 11.3 Å². The first kappa shape index (κ1) is 16.9. The standard InChI is InChI=1S/C16H17N5O3S/c1-12-4-2-5-13(10-12)24-8-7-17-14(22)11-20-16(23)21(19-18-20)15-6-3-9-25-15/h2-6,9-10H,7-8,11H2,1H3,(H,17,22). The van der Waals surface area contributed by atoms with Crippen LogP contribution in [0.4, 0.5) is 0 Å². The number of carbonyl (C=O) groups is 1. The van der Waals surface area contributed by atoms with E-state index in [1.54, 1.807) is 6.07 Å². The number of benzene rings is 1. The maximum atomic E-state index is 12.2. The van der Waals surface area contributed by atoms with E-state index in [1.807, 2.05) is 42.6 Å². The van der Waals surface area contributed by atoms with Gasteiger partial charge in [0.1, 0.15) is 23.9 Å². The number of tetrazole rings is 1. The van der Waals surface area contributed by atoms with Gasteiger partial charge in [-0.2, -0.15) is 9.36 Å². The largest absolute Gasteiger partial charge is 0.492 e. The minimum absolute atomic E-state index is 0.186. The first-order valence-electron chi connectivity index (χ1n) is 7.66. The smallest absolute Gasteiger partial charge is 0.369 e. The highest BCUT2D eigenvalue weighted by atomic mass is 32.1. The molecular weight excluding hydrogens is 342 g/mol. The second-order valence-corrected chi connectivity index (χ2v) is 6.22. The van der Waals surface area contributed by atoms with Crippen LogP contribution in [0.3, 0.4) is 0 Å². The average Bonchev–Trinajstić information content (AvgIpc) is 3.22. The van der Waals surface area contributed by atoms with Crippen molar-refractivity contribution in [3.63, 3.8) is 0 Å². The van der Waals surface area contributed by atoms with Crippen LogP contribution in [0.5, 0.6) is 5.75 Å². The SMILES string of the molecule is Cc1cccc(OCCNC(=O)Cn2nnn(-c3cccs3)c2=O)c1. The number of aromatic nitrogens is 4. The lowest BCUT2D eigenvalue weighted by atomic mass is 10.2. The Morgan fingerprint density at radius 1 is 1.28 bits per heavy atom. The van der Waals surface area contributed by atoms with Crippen LogP contribution >= 0.6 is 11.3 Å². The molecule has 0 saturated carbocycles. The van der Waals surface area contributed by atoms with Gasteiger partial charge in [0.2, 0.25) is 5.91 Å². The Labute approximate surface area is 147 Å². The average molecular weight is 359 g/mol. The van der Waals surface area contributed by atoms with Crippen LogP contribution in [0.2, 0.25) is 0 Å². The molecule has 3 aromatic rings. The van der Waals surface area contributed by atoms with Crippen LogP contribution in [0.1, 0.15) is 5.56 Å². The van der Waals surface area contributed by atoms with Gasteiger partial charge in [-0.05, 0) is 52.6 Å². The molecule has 0 atom stereocenters. The van der Waals surface area contributed by atoms with Crippen LogP contribution in [-0.4, -0.2) is 38.8 Å². The maximum Gasteiger partial charge on any atom is 0.369 e. The molecule has 130 valence electrons. The van der Waals surface area contributed by atoms with Crippen molar-refractivity contribution >= 4 is 17.2 Å². The summed E-state index contributed by atoms with van der Waals surface area (Å²) < 4.78 is 7.74. The molecule has 3 rings (SSSR count). The number of hydrogen-bond donors (Lipinski definition) is 1. The van der Waals surface area contributed by atoms with Gasteiger partial charge in [-0.1, -0.05) is 12.1 Å². The maximum absolute atomic E-state index is 12.2. The third kappa shape index (κ3) is 4.32. The lowest BCUT2D eigenvalue weighted by molar-refractivity contribution is -0.122. The Bertz CT molecular complexity index is 901. The van der Waals surface area contributed by atoms with E-state index in [0.29, 0.717) is 18.2 Å². The molecule has 0 radical (unpaired) electrons. The lowest BCUT2D eigenvalue weighted by Gasteiger charge is -2.08. The van der Waals surface area contributed by atoms with Crippen LogP contribution < -0.4 is 15.7 Å². The quantitative estimate of drug-likeness (QED) is 0.636. The van der Waals surface area contributed by atoms with Gasteiger partial charge >= 0.3 is 5.69 Å². The van der Waals surface area contributed by atoms with E-state index < -0.39 is 5.69 Å². The van der Waals surface area contributed by atoms with E-state index in [2.05, 4.69) is 15.7 Å². The molecule has 9 heteroatoms. The summed E-state index contributed by atoms with van der Waals surface area (Å²) in [6.45, 7) is 2.47. The molecule has 1 N–H and O–H groups in total. The van der Waals surface area contributed by atoms with Crippen molar-refractivity contribution in [3.05, 3.63) is 57.8 Å². The number of nitrogens with zero attached hydrogens (tertiary/aromatic N) is 4. The number of thiophene rings is 1. The van der Waals surface area contributed by atoms with Gasteiger partial charge in [0, 0.05) is 0 Å². The topological polar surface area (TPSA) is 91.0 Å². The zero-order valence-electron chi connectivity index (χ0n) is 13.6. The normalized spacial score (nSPS) is 10.6. The summed E-state index contributed by atoms with van der Waals surface area (Å²) in [5.41, 5.74) is 0.656. The van der Waals surface area contributed by atoms with Crippen molar-refractivity contribution in [1.82, 2.24) is 25.1 Å². The number of ether oxygens (including phenoxy) is 1. The highest BCUT2D eigenvalue weighted by molar-refractivity contribution is 7.12. The summed E-state index contributed by atoms with van der Waals surface area (Å²) in [6.07, 6.45) is 0. The van der Waals surface area contributed by atoms with Gasteiger partial charge < -0.3 is 10.1 Å². The van der Waals surface area contributed by atoms with Crippen molar-refractivity contribution in [1.29, 1.82) is 0 Å². The predicted octanol–water partition coefficient (Wildman–Crippen LogP) is 0.994. The number of nitrogens with one attached hydrogen (secondary N) is 1. The summed E-state index contributed by atoms with van der Waals surface area (Å²) in [6, 6.07) is 11.2. The van der Waals surface area contributed by atoms with Gasteiger partial charge in [-0.15, -0.1) is 11.3 Å². The van der Waals surface area contributed by atoms with Crippen molar-refractivity contribution in [2.75, 3.05) is 13.2 Å².